The van der Waals surface area contributed by atoms with Crippen molar-refractivity contribution in [1.29, 1.82) is 5.26 Å². The molecule has 0 aliphatic heterocycles. The van der Waals surface area contributed by atoms with E-state index in [1.807, 2.05) is 37.3 Å². The van der Waals surface area contributed by atoms with Gasteiger partial charge in [-0.3, -0.25) is 4.79 Å². The molecule has 4 nitrogen and oxygen atoms in total. The number of ether oxygens (including phenoxy) is 1. The summed E-state index contributed by atoms with van der Waals surface area (Å²) in [6.45, 7) is 4.19. The van der Waals surface area contributed by atoms with Gasteiger partial charge in [-0.1, -0.05) is 29.8 Å². The highest BCUT2D eigenvalue weighted by Gasteiger charge is 2.14. The lowest BCUT2D eigenvalue weighted by atomic mass is 10.1. The van der Waals surface area contributed by atoms with Gasteiger partial charge in [0.25, 0.3) is 5.91 Å². The van der Waals surface area contributed by atoms with Crippen molar-refractivity contribution in [3.05, 3.63) is 65.2 Å². The second kappa shape index (κ2) is 7.28. The van der Waals surface area contributed by atoms with Crippen molar-refractivity contribution in [2.24, 2.45) is 0 Å². The molecule has 1 N–H and O–H groups in total. The third-order valence-corrected chi connectivity index (χ3v) is 3.25. The molecule has 1 amide bonds. The van der Waals surface area contributed by atoms with Gasteiger partial charge in [0, 0.05) is 6.54 Å². The van der Waals surface area contributed by atoms with Crippen LogP contribution in [0.25, 0.3) is 0 Å². The fourth-order valence-corrected chi connectivity index (χ4v) is 1.90. The highest BCUT2D eigenvalue weighted by atomic mass is 16.5. The Morgan fingerprint density at radius 1 is 1.18 bits per heavy atom. The molecule has 2 aromatic carbocycles. The normalized spacial score (nSPS) is 11.3. The molecule has 2 aromatic rings. The van der Waals surface area contributed by atoms with Crippen molar-refractivity contribution >= 4 is 5.91 Å². The SMILES string of the molecule is Cc1ccc(CNC(=O)C(C)Oc2ccc(C#N)cc2)cc1. The lowest BCUT2D eigenvalue weighted by Gasteiger charge is -2.14. The standard InChI is InChI=1S/C18H18N2O2/c1-13-3-5-16(6-4-13)12-20-18(21)14(2)22-17-9-7-15(11-19)8-10-17/h3-10,14H,12H2,1-2H3,(H,20,21). The number of hydrogen-bond donors (Lipinski definition) is 1. The summed E-state index contributed by atoms with van der Waals surface area (Å²) in [7, 11) is 0. The maximum absolute atomic E-state index is 12.0. The van der Waals surface area contributed by atoms with E-state index in [0.717, 1.165) is 5.56 Å². The minimum Gasteiger partial charge on any atom is -0.481 e. The van der Waals surface area contributed by atoms with Crippen LogP contribution in [0.4, 0.5) is 0 Å². The molecule has 0 radical (unpaired) electrons. The van der Waals surface area contributed by atoms with Crippen LogP contribution in [0, 0.1) is 18.3 Å². The molecular formula is C18H18N2O2. The number of nitrogens with one attached hydrogen (secondary N) is 1. The number of carbonyl (C=O) groups excluding carboxylic acids is 1. The lowest BCUT2D eigenvalue weighted by molar-refractivity contribution is -0.127. The molecule has 0 bridgehead atoms. The van der Waals surface area contributed by atoms with Gasteiger partial charge in [0.15, 0.2) is 6.10 Å². The first-order valence-electron chi connectivity index (χ1n) is 7.08. The van der Waals surface area contributed by atoms with E-state index in [9.17, 15) is 4.79 Å². The maximum atomic E-state index is 12.0. The molecule has 0 heterocycles. The fraction of sp³-hybridized carbons (Fsp3) is 0.222. The summed E-state index contributed by atoms with van der Waals surface area (Å²) >= 11 is 0. The minimum absolute atomic E-state index is 0.176. The predicted octanol–water partition coefficient (Wildman–Crippen LogP) is 2.95. The minimum atomic E-state index is -0.599. The first kappa shape index (κ1) is 15.6. The second-order valence-corrected chi connectivity index (χ2v) is 5.10. The lowest BCUT2D eigenvalue weighted by Crippen LogP contribution is -2.35. The van der Waals surface area contributed by atoms with Gasteiger partial charge in [-0.15, -0.1) is 0 Å². The quantitative estimate of drug-likeness (QED) is 0.922. The van der Waals surface area contributed by atoms with E-state index < -0.39 is 6.10 Å². The second-order valence-electron chi connectivity index (χ2n) is 5.10. The van der Waals surface area contributed by atoms with E-state index in [0.29, 0.717) is 17.9 Å². The van der Waals surface area contributed by atoms with Crippen molar-refractivity contribution in [3.8, 4) is 11.8 Å². The van der Waals surface area contributed by atoms with E-state index >= 15 is 0 Å². The van der Waals surface area contributed by atoms with Gasteiger partial charge in [0.2, 0.25) is 0 Å². The predicted molar refractivity (Wildman–Crippen MR) is 84.3 cm³/mol. The van der Waals surface area contributed by atoms with Crippen molar-refractivity contribution in [3.63, 3.8) is 0 Å². The number of amides is 1. The van der Waals surface area contributed by atoms with Crippen molar-refractivity contribution in [2.75, 3.05) is 0 Å². The number of carbonyl (C=O) groups is 1. The number of rotatable bonds is 5. The Morgan fingerprint density at radius 2 is 1.82 bits per heavy atom. The molecule has 1 atom stereocenters. The number of benzene rings is 2. The van der Waals surface area contributed by atoms with Gasteiger partial charge >= 0.3 is 0 Å². The summed E-state index contributed by atoms with van der Waals surface area (Å²) in [6, 6.07) is 16.7. The number of nitriles is 1. The van der Waals surface area contributed by atoms with E-state index in [2.05, 4.69) is 5.32 Å². The maximum Gasteiger partial charge on any atom is 0.261 e. The molecule has 2 rings (SSSR count). The zero-order valence-electron chi connectivity index (χ0n) is 12.7. The van der Waals surface area contributed by atoms with Crippen LogP contribution in [-0.4, -0.2) is 12.0 Å². The topological polar surface area (TPSA) is 62.1 Å². The van der Waals surface area contributed by atoms with Crippen LogP contribution in [0.5, 0.6) is 5.75 Å². The molecule has 22 heavy (non-hydrogen) atoms. The largest absolute Gasteiger partial charge is 0.481 e. The molecule has 0 saturated heterocycles. The average molecular weight is 294 g/mol. The first-order chi connectivity index (χ1) is 10.6. The van der Waals surface area contributed by atoms with Crippen molar-refractivity contribution in [1.82, 2.24) is 5.32 Å². The van der Waals surface area contributed by atoms with Crippen LogP contribution in [-0.2, 0) is 11.3 Å². The summed E-state index contributed by atoms with van der Waals surface area (Å²) in [5, 5.41) is 11.6. The molecule has 1 unspecified atom stereocenters. The Hall–Kier alpha value is -2.80. The Kier molecular flexibility index (Phi) is 5.16. The molecule has 0 spiro atoms. The smallest absolute Gasteiger partial charge is 0.261 e. The molecule has 0 aromatic heterocycles. The van der Waals surface area contributed by atoms with Crippen LogP contribution in [0.1, 0.15) is 23.6 Å². The number of nitrogens with zero attached hydrogens (tertiary/aromatic N) is 1. The van der Waals surface area contributed by atoms with Crippen LogP contribution in [0.3, 0.4) is 0 Å². The first-order valence-corrected chi connectivity index (χ1v) is 7.08. The van der Waals surface area contributed by atoms with Crippen LogP contribution in [0.15, 0.2) is 48.5 Å². The molecule has 0 saturated carbocycles. The summed E-state index contributed by atoms with van der Waals surface area (Å²) in [5.41, 5.74) is 2.79. The van der Waals surface area contributed by atoms with E-state index in [4.69, 9.17) is 10.00 Å². The highest BCUT2D eigenvalue weighted by Crippen LogP contribution is 2.13. The van der Waals surface area contributed by atoms with Crippen molar-refractivity contribution in [2.45, 2.75) is 26.5 Å². The third-order valence-electron chi connectivity index (χ3n) is 3.25. The van der Waals surface area contributed by atoms with Gasteiger partial charge in [-0.2, -0.15) is 5.26 Å². The van der Waals surface area contributed by atoms with E-state index in [1.165, 1.54) is 5.56 Å². The zero-order chi connectivity index (χ0) is 15.9. The van der Waals surface area contributed by atoms with Crippen LogP contribution in [0.2, 0.25) is 0 Å². The average Bonchev–Trinajstić information content (AvgIpc) is 2.54. The highest BCUT2D eigenvalue weighted by molar-refractivity contribution is 5.80. The van der Waals surface area contributed by atoms with Crippen LogP contribution >= 0.6 is 0 Å². The number of hydrogen-bond acceptors (Lipinski definition) is 3. The Morgan fingerprint density at radius 3 is 2.41 bits per heavy atom. The Bertz CT molecular complexity index is 670. The summed E-state index contributed by atoms with van der Waals surface area (Å²) in [6.07, 6.45) is -0.599. The fourth-order valence-electron chi connectivity index (χ4n) is 1.90. The summed E-state index contributed by atoms with van der Waals surface area (Å²) in [4.78, 5) is 12.0. The van der Waals surface area contributed by atoms with Gasteiger partial charge in [0.05, 0.1) is 11.6 Å². The molecule has 0 aliphatic carbocycles. The molecular weight excluding hydrogens is 276 g/mol. The summed E-state index contributed by atoms with van der Waals surface area (Å²) in [5.74, 6) is 0.391. The third kappa shape index (κ3) is 4.35. The Balaban J connectivity index is 1.86. The Labute approximate surface area is 130 Å². The van der Waals surface area contributed by atoms with Gasteiger partial charge in [0.1, 0.15) is 5.75 Å². The zero-order valence-corrected chi connectivity index (χ0v) is 12.7. The van der Waals surface area contributed by atoms with E-state index in [1.54, 1.807) is 31.2 Å². The van der Waals surface area contributed by atoms with Crippen LogP contribution < -0.4 is 10.1 Å². The molecule has 112 valence electrons. The molecule has 4 heteroatoms. The van der Waals surface area contributed by atoms with E-state index in [-0.39, 0.29) is 5.91 Å². The van der Waals surface area contributed by atoms with Gasteiger partial charge in [-0.25, -0.2) is 0 Å². The molecule has 0 aliphatic rings. The molecule has 0 fully saturated rings. The monoisotopic (exact) mass is 294 g/mol. The van der Waals surface area contributed by atoms with Gasteiger partial charge < -0.3 is 10.1 Å². The summed E-state index contributed by atoms with van der Waals surface area (Å²) < 4.78 is 5.56. The van der Waals surface area contributed by atoms with Gasteiger partial charge in [-0.05, 0) is 43.7 Å². The van der Waals surface area contributed by atoms with Crippen molar-refractivity contribution < 1.29 is 9.53 Å². The number of aryl methyl sites for hydroxylation is 1.